The topological polar surface area (TPSA) is 98.4 Å². The Morgan fingerprint density at radius 1 is 1.00 bits per heavy atom. The average molecular weight is 371 g/mol. The molecule has 0 aromatic heterocycles. The van der Waals surface area contributed by atoms with E-state index >= 15 is 0 Å². The SMILES string of the molecule is N#CC1CCCC(C2CNC(N3CCN4CCN(C#N)C[C@H]4C3=O)NC2)C1. The number of carbonyl (C=O) groups excluding carboxylic acids is 1. The third kappa shape index (κ3) is 3.75. The van der Waals surface area contributed by atoms with Crippen molar-refractivity contribution in [1.82, 2.24) is 25.3 Å². The molecule has 4 aliphatic rings. The Morgan fingerprint density at radius 3 is 2.52 bits per heavy atom. The molecule has 4 fully saturated rings. The molecule has 27 heavy (non-hydrogen) atoms. The Bertz CT molecular complexity index is 633. The number of rotatable bonds is 2. The fourth-order valence-corrected chi connectivity index (χ4v) is 5.20. The molecule has 0 spiro atoms. The molecule has 4 rings (SSSR count). The van der Waals surface area contributed by atoms with E-state index in [1.807, 2.05) is 4.90 Å². The molecular weight excluding hydrogens is 342 g/mol. The van der Waals surface area contributed by atoms with Crippen molar-refractivity contribution in [3.05, 3.63) is 0 Å². The maximum atomic E-state index is 13.0. The average Bonchev–Trinajstić information content (AvgIpc) is 2.74. The fraction of sp³-hybridized carbons (Fsp3) is 0.842. The van der Waals surface area contributed by atoms with E-state index in [2.05, 4.69) is 27.8 Å². The van der Waals surface area contributed by atoms with E-state index in [-0.39, 0.29) is 24.2 Å². The van der Waals surface area contributed by atoms with Crippen LogP contribution in [0.5, 0.6) is 0 Å². The molecule has 0 radical (unpaired) electrons. The zero-order valence-corrected chi connectivity index (χ0v) is 15.8. The standard InChI is InChI=1S/C19H29N7O/c20-9-14-2-1-3-15(8-14)16-10-22-19(23-11-16)26-7-6-25-5-4-24(13-21)12-17(25)18(26)27/h14-17,19,22-23H,1-8,10-12H2/t14?,15?,16?,17-,19?/m0/s1. The molecule has 3 saturated heterocycles. The maximum Gasteiger partial charge on any atom is 0.244 e. The minimum atomic E-state index is -0.205. The predicted molar refractivity (Wildman–Crippen MR) is 98.6 cm³/mol. The lowest BCUT2D eigenvalue weighted by molar-refractivity contribution is -0.150. The van der Waals surface area contributed by atoms with Crippen molar-refractivity contribution in [1.29, 1.82) is 10.5 Å². The summed E-state index contributed by atoms with van der Waals surface area (Å²) in [6.07, 6.45) is 6.48. The lowest BCUT2D eigenvalue weighted by Crippen LogP contribution is -2.71. The van der Waals surface area contributed by atoms with Crippen molar-refractivity contribution in [2.24, 2.45) is 17.8 Å². The van der Waals surface area contributed by atoms with E-state index in [0.717, 1.165) is 52.0 Å². The molecule has 0 aromatic carbocycles. The lowest BCUT2D eigenvalue weighted by Gasteiger charge is -2.49. The van der Waals surface area contributed by atoms with Gasteiger partial charge in [-0.05, 0) is 31.1 Å². The number of nitriles is 2. The fourth-order valence-electron chi connectivity index (χ4n) is 5.20. The van der Waals surface area contributed by atoms with Crippen molar-refractivity contribution in [3.63, 3.8) is 0 Å². The van der Waals surface area contributed by atoms with Gasteiger partial charge in [0.1, 0.15) is 12.3 Å². The number of hydrogen-bond acceptors (Lipinski definition) is 7. The van der Waals surface area contributed by atoms with Gasteiger partial charge in [-0.15, -0.1) is 0 Å². The van der Waals surface area contributed by atoms with Crippen molar-refractivity contribution in [2.45, 2.75) is 38.0 Å². The molecule has 3 aliphatic heterocycles. The molecular formula is C19H29N7O. The van der Waals surface area contributed by atoms with E-state index < -0.39 is 0 Å². The highest BCUT2D eigenvalue weighted by Crippen LogP contribution is 2.34. The number of hydrogen-bond donors (Lipinski definition) is 2. The highest BCUT2D eigenvalue weighted by Gasteiger charge is 2.42. The summed E-state index contributed by atoms with van der Waals surface area (Å²) in [5, 5.41) is 25.5. The van der Waals surface area contributed by atoms with Crippen LogP contribution in [0.1, 0.15) is 25.7 Å². The van der Waals surface area contributed by atoms with Crippen LogP contribution in [0, 0.1) is 40.5 Å². The van der Waals surface area contributed by atoms with Gasteiger partial charge in [-0.2, -0.15) is 10.5 Å². The van der Waals surface area contributed by atoms with Crippen LogP contribution in [0.25, 0.3) is 0 Å². The third-order valence-electron chi connectivity index (χ3n) is 6.85. The summed E-state index contributed by atoms with van der Waals surface area (Å²) in [5.74, 6) is 1.45. The second-order valence-electron chi connectivity index (χ2n) is 8.36. The molecule has 1 aliphatic carbocycles. The van der Waals surface area contributed by atoms with Gasteiger partial charge in [0.2, 0.25) is 5.91 Å². The first-order valence-corrected chi connectivity index (χ1v) is 10.2. The van der Waals surface area contributed by atoms with Crippen LogP contribution in [0.4, 0.5) is 0 Å². The zero-order chi connectivity index (χ0) is 18.8. The van der Waals surface area contributed by atoms with Crippen LogP contribution in [-0.2, 0) is 4.79 Å². The minimum absolute atomic E-state index is 0.117. The number of carbonyl (C=O) groups is 1. The van der Waals surface area contributed by atoms with E-state index in [4.69, 9.17) is 5.26 Å². The summed E-state index contributed by atoms with van der Waals surface area (Å²) in [5.41, 5.74) is 0. The Kier molecular flexibility index (Phi) is 5.49. The normalized spacial score (nSPS) is 38.0. The largest absolute Gasteiger partial charge is 0.312 e. The van der Waals surface area contributed by atoms with E-state index in [1.165, 1.54) is 6.42 Å². The van der Waals surface area contributed by atoms with Gasteiger partial charge in [-0.25, -0.2) is 0 Å². The van der Waals surface area contributed by atoms with Crippen LogP contribution >= 0.6 is 0 Å². The minimum Gasteiger partial charge on any atom is -0.312 e. The summed E-state index contributed by atoms with van der Waals surface area (Å²) >= 11 is 0. The van der Waals surface area contributed by atoms with Gasteiger partial charge >= 0.3 is 0 Å². The Balaban J connectivity index is 1.32. The number of nitrogens with zero attached hydrogens (tertiary/aromatic N) is 5. The second-order valence-corrected chi connectivity index (χ2v) is 8.36. The molecule has 146 valence electrons. The quantitative estimate of drug-likeness (QED) is 0.644. The lowest BCUT2D eigenvalue weighted by atomic mass is 9.75. The molecule has 1 saturated carbocycles. The summed E-state index contributed by atoms with van der Waals surface area (Å²) in [4.78, 5) is 18.8. The molecule has 2 N–H and O–H groups in total. The molecule has 3 heterocycles. The Labute approximate surface area is 161 Å². The van der Waals surface area contributed by atoms with Crippen molar-refractivity contribution < 1.29 is 4.79 Å². The monoisotopic (exact) mass is 371 g/mol. The summed E-state index contributed by atoms with van der Waals surface area (Å²) in [7, 11) is 0. The first-order valence-electron chi connectivity index (χ1n) is 10.2. The Morgan fingerprint density at radius 2 is 1.78 bits per heavy atom. The second kappa shape index (κ2) is 8.02. The van der Waals surface area contributed by atoms with Gasteiger partial charge in [0.25, 0.3) is 0 Å². The van der Waals surface area contributed by atoms with Crippen molar-refractivity contribution >= 4 is 5.91 Å². The number of amides is 1. The van der Waals surface area contributed by atoms with Crippen LogP contribution in [0.3, 0.4) is 0 Å². The molecule has 8 nitrogen and oxygen atoms in total. The maximum absolute atomic E-state index is 13.0. The number of piperazine rings is 2. The highest BCUT2D eigenvalue weighted by molar-refractivity contribution is 5.83. The van der Waals surface area contributed by atoms with Gasteiger partial charge in [0.05, 0.1) is 12.6 Å². The summed E-state index contributed by atoms with van der Waals surface area (Å²) in [6.45, 7) is 5.37. The number of fused-ring (bicyclic) bond motifs is 1. The molecule has 0 aromatic rings. The first-order chi connectivity index (χ1) is 13.2. The van der Waals surface area contributed by atoms with Gasteiger partial charge in [-0.3, -0.25) is 20.3 Å². The van der Waals surface area contributed by atoms with Crippen molar-refractivity contribution in [2.75, 3.05) is 45.8 Å². The van der Waals surface area contributed by atoms with E-state index in [9.17, 15) is 10.1 Å². The zero-order valence-electron chi connectivity index (χ0n) is 15.8. The molecule has 2 unspecified atom stereocenters. The van der Waals surface area contributed by atoms with E-state index in [1.54, 1.807) is 4.90 Å². The van der Waals surface area contributed by atoms with Gasteiger partial charge < -0.3 is 9.80 Å². The van der Waals surface area contributed by atoms with E-state index in [0.29, 0.717) is 24.9 Å². The third-order valence-corrected chi connectivity index (χ3v) is 6.85. The van der Waals surface area contributed by atoms with Crippen LogP contribution in [0.2, 0.25) is 0 Å². The molecule has 3 atom stereocenters. The van der Waals surface area contributed by atoms with Crippen LogP contribution in [0.15, 0.2) is 0 Å². The van der Waals surface area contributed by atoms with Gasteiger partial charge in [0, 0.05) is 45.2 Å². The van der Waals surface area contributed by atoms with Crippen LogP contribution < -0.4 is 10.6 Å². The first kappa shape index (κ1) is 18.5. The molecule has 0 bridgehead atoms. The molecule has 8 heteroatoms. The highest BCUT2D eigenvalue weighted by atomic mass is 16.2. The van der Waals surface area contributed by atoms with Crippen LogP contribution in [-0.4, -0.2) is 78.8 Å². The smallest absolute Gasteiger partial charge is 0.244 e. The van der Waals surface area contributed by atoms with Gasteiger partial charge in [-0.1, -0.05) is 6.42 Å². The number of nitrogens with one attached hydrogen (secondary N) is 2. The van der Waals surface area contributed by atoms with Gasteiger partial charge in [0.15, 0.2) is 6.19 Å². The molecule has 1 amide bonds. The van der Waals surface area contributed by atoms with Crippen molar-refractivity contribution in [3.8, 4) is 12.3 Å². The summed E-state index contributed by atoms with van der Waals surface area (Å²) < 4.78 is 0. The Hall–Kier alpha value is -1.87. The predicted octanol–water partition coefficient (Wildman–Crippen LogP) is -0.282. The summed E-state index contributed by atoms with van der Waals surface area (Å²) in [6, 6.07) is 2.24.